The minimum absolute atomic E-state index is 0.00131. The van der Waals surface area contributed by atoms with Crippen molar-refractivity contribution in [1.82, 2.24) is 10.6 Å². The number of aliphatic hydroxyl groups excluding tert-OH is 1. The summed E-state index contributed by atoms with van der Waals surface area (Å²) in [6, 6.07) is 14.4. The Balaban J connectivity index is 1.48. The zero-order valence-corrected chi connectivity index (χ0v) is 18.1. The molecule has 4 N–H and O–H groups in total. The van der Waals surface area contributed by atoms with Gasteiger partial charge in [0.25, 0.3) is 0 Å². The van der Waals surface area contributed by atoms with Gasteiger partial charge in [-0.05, 0) is 42.5 Å². The van der Waals surface area contributed by atoms with Gasteiger partial charge in [-0.25, -0.2) is 9.59 Å². The van der Waals surface area contributed by atoms with E-state index >= 15 is 0 Å². The highest BCUT2D eigenvalue weighted by atomic mass is 16.5. The van der Waals surface area contributed by atoms with Crippen LogP contribution in [0.2, 0.25) is 0 Å². The maximum absolute atomic E-state index is 12.3. The third-order valence-electron chi connectivity index (χ3n) is 5.58. The van der Waals surface area contributed by atoms with Gasteiger partial charge in [-0.15, -0.1) is 0 Å². The summed E-state index contributed by atoms with van der Waals surface area (Å²) in [4.78, 5) is 35.3. The minimum Gasteiger partial charge on any atom is -0.480 e. The van der Waals surface area contributed by atoms with Crippen LogP contribution in [0.5, 0.6) is 0 Å². The number of aliphatic carboxylic acids is 1. The Hall–Kier alpha value is -3.39. The summed E-state index contributed by atoms with van der Waals surface area (Å²) in [6.07, 6.45) is -1.50. The van der Waals surface area contributed by atoms with E-state index < -0.39 is 30.1 Å². The number of carbonyl (C=O) groups is 3. The fraction of sp³-hybridized carbons (Fsp3) is 0.375. The summed E-state index contributed by atoms with van der Waals surface area (Å²) in [5.41, 5.74) is 4.54. The lowest BCUT2D eigenvalue weighted by molar-refractivity contribution is -0.144. The fourth-order valence-electron chi connectivity index (χ4n) is 3.90. The van der Waals surface area contributed by atoms with E-state index in [9.17, 15) is 19.5 Å². The second-order valence-electron chi connectivity index (χ2n) is 8.03. The first kappa shape index (κ1) is 23.3. The fourth-order valence-corrected chi connectivity index (χ4v) is 3.90. The highest BCUT2D eigenvalue weighted by molar-refractivity contribution is 5.84. The van der Waals surface area contributed by atoms with E-state index in [4.69, 9.17) is 9.84 Å². The molecule has 3 rings (SSSR count). The van der Waals surface area contributed by atoms with Gasteiger partial charge in [-0.1, -0.05) is 48.5 Å². The molecule has 170 valence electrons. The van der Waals surface area contributed by atoms with E-state index in [0.717, 1.165) is 22.3 Å². The number of carboxylic acid groups (broad SMARTS) is 1. The van der Waals surface area contributed by atoms with Crippen LogP contribution in [0.1, 0.15) is 43.7 Å². The molecule has 0 spiro atoms. The zero-order chi connectivity index (χ0) is 23.3. The van der Waals surface area contributed by atoms with Crippen LogP contribution in [-0.4, -0.2) is 53.0 Å². The molecule has 32 heavy (non-hydrogen) atoms. The predicted molar refractivity (Wildman–Crippen MR) is 118 cm³/mol. The summed E-state index contributed by atoms with van der Waals surface area (Å²) in [5.74, 6) is -1.86. The van der Waals surface area contributed by atoms with E-state index in [0.29, 0.717) is 6.42 Å². The van der Waals surface area contributed by atoms with Crippen LogP contribution in [0.4, 0.5) is 4.79 Å². The summed E-state index contributed by atoms with van der Waals surface area (Å²) >= 11 is 0. The maximum atomic E-state index is 12.3. The molecule has 3 unspecified atom stereocenters. The summed E-state index contributed by atoms with van der Waals surface area (Å²) in [7, 11) is 0. The minimum atomic E-state index is -1.37. The number of fused-ring (bicyclic) bond motifs is 3. The van der Waals surface area contributed by atoms with Crippen molar-refractivity contribution in [3.63, 3.8) is 0 Å². The molecule has 0 heterocycles. The lowest BCUT2D eigenvalue weighted by Crippen LogP contribution is -2.47. The second kappa shape index (κ2) is 10.3. The number of carbonyl (C=O) groups excluding carboxylic acids is 2. The van der Waals surface area contributed by atoms with E-state index in [2.05, 4.69) is 22.8 Å². The standard InChI is InChI=1S/C24H28N2O6/c1-14(11-12-21(28)26-22(15(2)27)23(29)30)25-24(31)32-13-20-18-9-5-3-7-16(18)17-8-4-6-10-19(17)20/h3-10,14-15,20,22,27H,11-13H2,1-2H3,(H,25,31)(H,26,28)(H,29,30). The van der Waals surface area contributed by atoms with Gasteiger partial charge in [0.1, 0.15) is 6.61 Å². The monoisotopic (exact) mass is 440 g/mol. The van der Waals surface area contributed by atoms with Crippen LogP contribution in [0.25, 0.3) is 11.1 Å². The first-order valence-corrected chi connectivity index (χ1v) is 10.6. The largest absolute Gasteiger partial charge is 0.480 e. The number of alkyl carbamates (subject to hydrolysis) is 1. The molecule has 0 aromatic heterocycles. The molecule has 8 nitrogen and oxygen atoms in total. The topological polar surface area (TPSA) is 125 Å². The van der Waals surface area contributed by atoms with Crippen LogP contribution in [0, 0.1) is 0 Å². The van der Waals surface area contributed by atoms with Crippen molar-refractivity contribution in [3.8, 4) is 11.1 Å². The molecular formula is C24H28N2O6. The molecule has 0 fully saturated rings. The van der Waals surface area contributed by atoms with Crippen molar-refractivity contribution in [2.75, 3.05) is 6.61 Å². The van der Waals surface area contributed by atoms with Gasteiger partial charge in [-0.3, -0.25) is 4.79 Å². The van der Waals surface area contributed by atoms with Gasteiger partial charge in [0.15, 0.2) is 6.04 Å². The Bertz CT molecular complexity index is 944. The smallest absolute Gasteiger partial charge is 0.407 e. The normalized spacial score (nSPS) is 15.1. The number of ether oxygens (including phenoxy) is 1. The number of nitrogens with one attached hydrogen (secondary N) is 2. The first-order valence-electron chi connectivity index (χ1n) is 10.6. The van der Waals surface area contributed by atoms with E-state index in [1.165, 1.54) is 6.92 Å². The number of aliphatic hydroxyl groups is 1. The van der Waals surface area contributed by atoms with Crippen molar-refractivity contribution in [2.24, 2.45) is 0 Å². The van der Waals surface area contributed by atoms with Crippen LogP contribution in [-0.2, 0) is 14.3 Å². The van der Waals surface area contributed by atoms with Crippen LogP contribution < -0.4 is 10.6 Å². The molecule has 1 aliphatic rings. The Morgan fingerprint density at radius 1 is 0.969 bits per heavy atom. The van der Waals surface area contributed by atoms with Crippen LogP contribution in [0.3, 0.4) is 0 Å². The number of benzene rings is 2. The molecule has 8 heteroatoms. The average Bonchev–Trinajstić information content (AvgIpc) is 3.08. The van der Waals surface area contributed by atoms with Gasteiger partial charge in [0, 0.05) is 18.4 Å². The van der Waals surface area contributed by atoms with Crippen molar-refractivity contribution < 1.29 is 29.3 Å². The van der Waals surface area contributed by atoms with E-state index in [1.807, 2.05) is 36.4 Å². The number of hydrogen-bond acceptors (Lipinski definition) is 5. The van der Waals surface area contributed by atoms with Gasteiger partial charge >= 0.3 is 12.1 Å². The Kier molecular flexibility index (Phi) is 7.48. The molecule has 0 radical (unpaired) electrons. The number of amides is 2. The Morgan fingerprint density at radius 3 is 2.06 bits per heavy atom. The second-order valence-corrected chi connectivity index (χ2v) is 8.03. The summed E-state index contributed by atoms with van der Waals surface area (Å²) < 4.78 is 5.48. The number of carboxylic acids is 1. The van der Waals surface area contributed by atoms with Crippen molar-refractivity contribution in [1.29, 1.82) is 0 Å². The summed E-state index contributed by atoms with van der Waals surface area (Å²) in [5, 5.41) is 23.4. The number of rotatable bonds is 9. The highest BCUT2D eigenvalue weighted by Crippen LogP contribution is 2.44. The molecule has 1 aliphatic carbocycles. The Morgan fingerprint density at radius 2 is 1.53 bits per heavy atom. The van der Waals surface area contributed by atoms with Crippen LogP contribution >= 0.6 is 0 Å². The molecule has 0 saturated carbocycles. The van der Waals surface area contributed by atoms with Crippen molar-refractivity contribution in [3.05, 3.63) is 59.7 Å². The molecule has 0 saturated heterocycles. The summed E-state index contributed by atoms with van der Waals surface area (Å²) in [6.45, 7) is 3.22. The van der Waals surface area contributed by atoms with E-state index in [-0.39, 0.29) is 25.0 Å². The lowest BCUT2D eigenvalue weighted by atomic mass is 9.98. The molecule has 2 amide bonds. The van der Waals surface area contributed by atoms with E-state index in [1.54, 1.807) is 6.92 Å². The maximum Gasteiger partial charge on any atom is 0.407 e. The molecular weight excluding hydrogens is 412 g/mol. The van der Waals surface area contributed by atoms with Crippen molar-refractivity contribution in [2.45, 2.75) is 50.8 Å². The van der Waals surface area contributed by atoms with Gasteiger partial charge < -0.3 is 25.6 Å². The van der Waals surface area contributed by atoms with Gasteiger partial charge in [-0.2, -0.15) is 0 Å². The van der Waals surface area contributed by atoms with Gasteiger partial charge in [0.2, 0.25) is 5.91 Å². The third-order valence-corrected chi connectivity index (χ3v) is 5.58. The lowest BCUT2D eigenvalue weighted by Gasteiger charge is -2.19. The first-order chi connectivity index (χ1) is 15.3. The Labute approximate surface area is 186 Å². The zero-order valence-electron chi connectivity index (χ0n) is 18.1. The average molecular weight is 440 g/mol. The third kappa shape index (κ3) is 5.45. The predicted octanol–water partition coefficient (Wildman–Crippen LogP) is 2.64. The van der Waals surface area contributed by atoms with Crippen molar-refractivity contribution >= 4 is 18.0 Å². The molecule has 2 aromatic carbocycles. The highest BCUT2D eigenvalue weighted by Gasteiger charge is 2.29. The quantitative estimate of drug-likeness (QED) is 0.475. The van der Waals surface area contributed by atoms with Gasteiger partial charge in [0.05, 0.1) is 6.10 Å². The SMILES string of the molecule is CC(CCC(=O)NC(C(=O)O)C(C)O)NC(=O)OCC1c2ccccc2-c2ccccc21. The number of hydrogen-bond donors (Lipinski definition) is 4. The molecule has 3 atom stereocenters. The molecule has 2 aromatic rings. The van der Waals surface area contributed by atoms with Crippen LogP contribution in [0.15, 0.2) is 48.5 Å². The molecule has 0 aliphatic heterocycles. The molecule has 0 bridgehead atoms.